The maximum atomic E-state index is 12.6. The molecule has 1 amide bonds. The molecular weight excluding hydrogens is 342 g/mol. The number of nitrogens with one attached hydrogen (secondary N) is 1. The van der Waals surface area contributed by atoms with Gasteiger partial charge in [-0.3, -0.25) is 9.48 Å². The van der Waals surface area contributed by atoms with Gasteiger partial charge < -0.3 is 9.84 Å². The van der Waals surface area contributed by atoms with Gasteiger partial charge in [0.15, 0.2) is 0 Å². The second-order valence-corrected chi connectivity index (χ2v) is 7.51. The van der Waals surface area contributed by atoms with E-state index in [-0.39, 0.29) is 11.9 Å². The van der Waals surface area contributed by atoms with Crippen LogP contribution in [-0.2, 0) is 13.5 Å². The van der Waals surface area contributed by atoms with Crippen molar-refractivity contribution in [2.24, 2.45) is 7.05 Å². The molecule has 7 nitrogen and oxygen atoms in total. The number of carbonyl (C=O) groups is 1. The first-order valence-corrected chi connectivity index (χ1v) is 9.36. The van der Waals surface area contributed by atoms with Crippen LogP contribution < -0.4 is 5.32 Å². The molecule has 1 N–H and O–H groups in total. The fourth-order valence-corrected chi connectivity index (χ4v) is 3.81. The Morgan fingerprint density at radius 2 is 2.15 bits per heavy atom. The average molecular weight is 363 g/mol. The Balaban J connectivity index is 1.36. The minimum atomic E-state index is -0.0743. The van der Waals surface area contributed by atoms with Crippen LogP contribution in [0.1, 0.15) is 64.3 Å². The van der Waals surface area contributed by atoms with Crippen LogP contribution in [0.5, 0.6) is 0 Å². The van der Waals surface area contributed by atoms with E-state index < -0.39 is 0 Å². The zero-order valence-corrected chi connectivity index (χ0v) is 15.4. The van der Waals surface area contributed by atoms with E-state index in [1.807, 2.05) is 20.0 Å². The molecule has 1 atom stereocenters. The first kappa shape index (κ1) is 16.2. The largest absolute Gasteiger partial charge is 0.345 e. The van der Waals surface area contributed by atoms with E-state index in [1.165, 1.54) is 11.1 Å². The van der Waals surface area contributed by atoms with E-state index >= 15 is 0 Å². The lowest BCUT2D eigenvalue weighted by Gasteiger charge is -2.14. The van der Waals surface area contributed by atoms with Gasteiger partial charge in [0.05, 0.1) is 17.3 Å². The van der Waals surface area contributed by atoms with Gasteiger partial charge in [0.25, 0.3) is 5.91 Å². The molecule has 0 bridgehead atoms. The quantitative estimate of drug-likeness (QED) is 0.770. The molecule has 0 saturated heterocycles. The van der Waals surface area contributed by atoms with Crippen LogP contribution in [0.15, 0.2) is 28.9 Å². The van der Waals surface area contributed by atoms with Gasteiger partial charge in [0.2, 0.25) is 11.7 Å². The Hall–Kier alpha value is -2.96. The summed E-state index contributed by atoms with van der Waals surface area (Å²) in [6.45, 7) is 1.85. The van der Waals surface area contributed by atoms with Gasteiger partial charge >= 0.3 is 0 Å². The van der Waals surface area contributed by atoms with Crippen LogP contribution in [0.3, 0.4) is 0 Å². The minimum Gasteiger partial charge on any atom is -0.345 e. The zero-order chi connectivity index (χ0) is 18.5. The number of fused-ring (bicyclic) bond motifs is 1. The van der Waals surface area contributed by atoms with Crippen molar-refractivity contribution in [1.82, 2.24) is 25.2 Å². The normalized spacial score (nSPS) is 18.5. The van der Waals surface area contributed by atoms with Crippen LogP contribution in [-0.4, -0.2) is 25.8 Å². The van der Waals surface area contributed by atoms with Crippen molar-refractivity contribution in [3.63, 3.8) is 0 Å². The standard InChI is InChI=1S/C20H21N5O2/c1-11-16(10-25(2)23-11)19(26)21-17-8-6-13-9-14(5-7-15(13)17)18-22-20(27-24-18)12-3-4-12/h5,7,9-10,12,17H,3-4,6,8H2,1-2H3,(H,21,26)/t17-/m1/s1. The Labute approximate surface area is 156 Å². The zero-order valence-electron chi connectivity index (χ0n) is 15.4. The molecule has 2 aliphatic carbocycles. The molecule has 7 heteroatoms. The number of benzene rings is 1. The molecule has 0 unspecified atom stereocenters. The molecule has 27 heavy (non-hydrogen) atoms. The summed E-state index contributed by atoms with van der Waals surface area (Å²) < 4.78 is 7.04. The highest BCUT2D eigenvalue weighted by atomic mass is 16.5. The van der Waals surface area contributed by atoms with E-state index in [4.69, 9.17) is 4.52 Å². The lowest BCUT2D eigenvalue weighted by molar-refractivity contribution is 0.0936. The van der Waals surface area contributed by atoms with E-state index in [2.05, 4.69) is 32.7 Å². The van der Waals surface area contributed by atoms with Gasteiger partial charge in [-0.25, -0.2) is 0 Å². The smallest absolute Gasteiger partial charge is 0.255 e. The Morgan fingerprint density at radius 1 is 1.30 bits per heavy atom. The summed E-state index contributed by atoms with van der Waals surface area (Å²) in [6.07, 6.45) is 5.86. The first-order chi connectivity index (χ1) is 13.1. The predicted molar refractivity (Wildman–Crippen MR) is 98.2 cm³/mol. The second kappa shape index (κ2) is 6.04. The van der Waals surface area contributed by atoms with Crippen molar-refractivity contribution < 1.29 is 9.32 Å². The van der Waals surface area contributed by atoms with Crippen LogP contribution >= 0.6 is 0 Å². The Bertz CT molecular complexity index is 1030. The van der Waals surface area contributed by atoms with Crippen molar-refractivity contribution in [2.75, 3.05) is 0 Å². The summed E-state index contributed by atoms with van der Waals surface area (Å²) in [5, 5.41) is 11.5. The first-order valence-electron chi connectivity index (χ1n) is 9.36. The fourth-order valence-electron chi connectivity index (χ4n) is 3.81. The number of aromatic nitrogens is 4. The summed E-state index contributed by atoms with van der Waals surface area (Å²) >= 11 is 0. The number of aryl methyl sites for hydroxylation is 3. The molecule has 0 aliphatic heterocycles. The van der Waals surface area contributed by atoms with Gasteiger partial charge in [0, 0.05) is 24.7 Å². The molecule has 0 radical (unpaired) electrons. The van der Waals surface area contributed by atoms with Crippen molar-refractivity contribution in [3.8, 4) is 11.4 Å². The SMILES string of the molecule is Cc1nn(C)cc1C(=O)N[C@@H]1CCc2cc(-c3noc(C4CC4)n3)ccc21. The van der Waals surface area contributed by atoms with E-state index in [1.54, 1.807) is 10.9 Å². The summed E-state index contributed by atoms with van der Waals surface area (Å²) in [5.41, 5.74) is 4.74. The highest BCUT2D eigenvalue weighted by Gasteiger charge is 2.30. The lowest BCUT2D eigenvalue weighted by Crippen LogP contribution is -2.27. The van der Waals surface area contributed by atoms with Crippen LogP contribution in [0.2, 0.25) is 0 Å². The third kappa shape index (κ3) is 2.93. The summed E-state index contributed by atoms with van der Waals surface area (Å²) in [5.74, 6) is 1.78. The highest BCUT2D eigenvalue weighted by Crippen LogP contribution is 2.40. The van der Waals surface area contributed by atoms with Crippen LogP contribution in [0, 0.1) is 6.92 Å². The fraction of sp³-hybridized carbons (Fsp3) is 0.400. The second-order valence-electron chi connectivity index (χ2n) is 7.51. The molecule has 138 valence electrons. The van der Waals surface area contributed by atoms with E-state index in [0.717, 1.165) is 42.8 Å². The molecule has 3 aromatic rings. The third-order valence-corrected chi connectivity index (χ3v) is 5.41. The van der Waals surface area contributed by atoms with Gasteiger partial charge in [-0.2, -0.15) is 10.1 Å². The predicted octanol–water partition coefficient (Wildman–Crippen LogP) is 3.07. The number of amides is 1. The molecule has 5 rings (SSSR count). The molecule has 2 aromatic heterocycles. The van der Waals surface area contributed by atoms with Gasteiger partial charge in [-0.05, 0) is 49.8 Å². The maximum absolute atomic E-state index is 12.6. The van der Waals surface area contributed by atoms with Crippen molar-refractivity contribution >= 4 is 5.91 Å². The molecule has 1 saturated carbocycles. The molecule has 2 aliphatic rings. The highest BCUT2D eigenvalue weighted by molar-refractivity contribution is 5.95. The van der Waals surface area contributed by atoms with E-state index in [0.29, 0.717) is 17.3 Å². The maximum Gasteiger partial charge on any atom is 0.255 e. The average Bonchev–Trinajstić information content (AvgIpc) is 3.09. The van der Waals surface area contributed by atoms with Crippen molar-refractivity contribution in [1.29, 1.82) is 0 Å². The van der Waals surface area contributed by atoms with Crippen molar-refractivity contribution in [2.45, 2.75) is 44.6 Å². The summed E-state index contributed by atoms with van der Waals surface area (Å²) in [6, 6.07) is 6.23. The molecule has 2 heterocycles. The van der Waals surface area contributed by atoms with Crippen LogP contribution in [0.25, 0.3) is 11.4 Å². The van der Waals surface area contributed by atoms with Gasteiger partial charge in [-0.1, -0.05) is 17.3 Å². The number of rotatable bonds is 4. The number of carbonyl (C=O) groups excluding carboxylic acids is 1. The third-order valence-electron chi connectivity index (χ3n) is 5.41. The lowest BCUT2D eigenvalue weighted by atomic mass is 10.0. The summed E-state index contributed by atoms with van der Waals surface area (Å²) in [4.78, 5) is 17.1. The molecule has 1 fully saturated rings. The van der Waals surface area contributed by atoms with Gasteiger partial charge in [-0.15, -0.1) is 0 Å². The van der Waals surface area contributed by atoms with Gasteiger partial charge in [0.1, 0.15) is 0 Å². The molecule has 0 spiro atoms. The Morgan fingerprint density at radius 3 is 2.89 bits per heavy atom. The monoisotopic (exact) mass is 363 g/mol. The Kier molecular flexibility index (Phi) is 3.63. The molecular formula is C20H21N5O2. The summed E-state index contributed by atoms with van der Waals surface area (Å²) in [7, 11) is 1.82. The van der Waals surface area contributed by atoms with Crippen molar-refractivity contribution in [3.05, 3.63) is 52.7 Å². The van der Waals surface area contributed by atoms with Crippen LogP contribution in [0.4, 0.5) is 0 Å². The number of nitrogens with zero attached hydrogens (tertiary/aromatic N) is 4. The topological polar surface area (TPSA) is 85.8 Å². The number of hydrogen-bond acceptors (Lipinski definition) is 5. The van der Waals surface area contributed by atoms with E-state index in [9.17, 15) is 4.79 Å². The minimum absolute atomic E-state index is 0.0217. The number of hydrogen-bond donors (Lipinski definition) is 1. The molecule has 1 aromatic carbocycles.